The van der Waals surface area contributed by atoms with Gasteiger partial charge < -0.3 is 16.4 Å². The van der Waals surface area contributed by atoms with Crippen molar-refractivity contribution in [2.45, 2.75) is 41.2 Å². The number of piperazine rings is 1. The van der Waals surface area contributed by atoms with Crippen molar-refractivity contribution >= 4 is 28.1 Å². The van der Waals surface area contributed by atoms with E-state index in [1.54, 1.807) is 0 Å². The molecule has 0 unspecified atom stereocenters. The minimum absolute atomic E-state index is 0.421. The number of aromatic nitrogens is 2. The van der Waals surface area contributed by atoms with Crippen LogP contribution in [0.5, 0.6) is 0 Å². The fourth-order valence-electron chi connectivity index (χ4n) is 3.25. The molecule has 4 N–H and O–H groups in total. The lowest BCUT2D eigenvalue weighted by atomic mass is 10.1. The highest BCUT2D eigenvalue weighted by molar-refractivity contribution is 6.53. The van der Waals surface area contributed by atoms with Gasteiger partial charge in [-0.3, -0.25) is 9.58 Å². The number of nitrogens with two attached hydrogens (primary N) is 2. The van der Waals surface area contributed by atoms with Crippen molar-refractivity contribution in [1.29, 1.82) is 0 Å². The number of hydrogen-bond donors (Lipinski definition) is 2. The molecule has 2 aromatic rings. The van der Waals surface area contributed by atoms with E-state index < -0.39 is 0 Å². The molecule has 1 aromatic heterocycles. The predicted octanol–water partition coefficient (Wildman–Crippen LogP) is 4.10. The van der Waals surface area contributed by atoms with Gasteiger partial charge in [-0.1, -0.05) is 69.6 Å². The SMILES string of the molecule is CC.CC.Cc1c(/C(Cl)=C(\N)c2ccccc2)c(N)nn1CCN1CCN(C)CC1. The monoisotopic (exact) mass is 434 g/mol. The van der Waals surface area contributed by atoms with Crippen molar-refractivity contribution in [3.8, 4) is 0 Å². The molecular formula is C23H39ClN6. The van der Waals surface area contributed by atoms with Gasteiger partial charge in [-0.2, -0.15) is 5.10 Å². The van der Waals surface area contributed by atoms with Crippen LogP contribution >= 0.6 is 11.6 Å². The molecule has 30 heavy (non-hydrogen) atoms. The number of benzene rings is 1. The van der Waals surface area contributed by atoms with E-state index >= 15 is 0 Å². The summed E-state index contributed by atoms with van der Waals surface area (Å²) >= 11 is 6.59. The molecular weight excluding hydrogens is 396 g/mol. The first kappa shape index (κ1) is 26.0. The second-order valence-corrected chi connectivity index (χ2v) is 7.19. The van der Waals surface area contributed by atoms with Gasteiger partial charge in [-0.15, -0.1) is 0 Å². The molecule has 1 aliphatic heterocycles. The Labute approximate surface area is 187 Å². The zero-order chi connectivity index (χ0) is 22.7. The van der Waals surface area contributed by atoms with Crippen LogP contribution in [-0.4, -0.2) is 59.4 Å². The highest BCUT2D eigenvalue weighted by Gasteiger charge is 2.19. The van der Waals surface area contributed by atoms with E-state index in [0.29, 0.717) is 16.5 Å². The fraction of sp³-hybridized carbons (Fsp3) is 0.522. The average Bonchev–Trinajstić information content (AvgIpc) is 3.08. The van der Waals surface area contributed by atoms with Crippen molar-refractivity contribution in [2.24, 2.45) is 5.73 Å². The molecule has 1 saturated heterocycles. The second kappa shape index (κ2) is 13.3. The van der Waals surface area contributed by atoms with Crippen LogP contribution in [0.15, 0.2) is 30.3 Å². The summed E-state index contributed by atoms with van der Waals surface area (Å²) in [5.41, 5.74) is 15.5. The summed E-state index contributed by atoms with van der Waals surface area (Å²) in [4.78, 5) is 4.80. The van der Waals surface area contributed by atoms with Gasteiger partial charge in [0.2, 0.25) is 0 Å². The number of likely N-dealkylation sites (N-methyl/N-ethyl adjacent to an activating group) is 1. The predicted molar refractivity (Wildman–Crippen MR) is 131 cm³/mol. The molecule has 2 heterocycles. The third-order valence-electron chi connectivity index (χ3n) is 5.00. The second-order valence-electron chi connectivity index (χ2n) is 6.81. The van der Waals surface area contributed by atoms with Gasteiger partial charge in [0.15, 0.2) is 5.82 Å². The molecule has 1 fully saturated rings. The van der Waals surface area contributed by atoms with E-state index in [4.69, 9.17) is 23.1 Å². The Balaban J connectivity index is 0.00000106. The summed E-state index contributed by atoms with van der Waals surface area (Å²) in [7, 11) is 2.16. The van der Waals surface area contributed by atoms with Crippen molar-refractivity contribution in [2.75, 3.05) is 45.5 Å². The number of rotatable bonds is 5. The first-order chi connectivity index (χ1) is 14.5. The van der Waals surface area contributed by atoms with Gasteiger partial charge >= 0.3 is 0 Å². The highest BCUT2D eigenvalue weighted by atomic mass is 35.5. The van der Waals surface area contributed by atoms with E-state index in [2.05, 4.69) is 21.9 Å². The van der Waals surface area contributed by atoms with Gasteiger partial charge in [-0.25, -0.2) is 0 Å². The summed E-state index contributed by atoms with van der Waals surface area (Å²) in [6.45, 7) is 16.1. The molecule has 0 spiro atoms. The van der Waals surface area contributed by atoms with Gasteiger partial charge in [0, 0.05) is 38.4 Å². The molecule has 0 atom stereocenters. The van der Waals surface area contributed by atoms with Gasteiger partial charge in [0.05, 0.1) is 22.8 Å². The minimum atomic E-state index is 0.421. The smallest absolute Gasteiger partial charge is 0.154 e. The third-order valence-corrected chi connectivity index (χ3v) is 5.39. The molecule has 3 rings (SSSR count). The van der Waals surface area contributed by atoms with Crippen molar-refractivity contribution in [1.82, 2.24) is 19.6 Å². The zero-order valence-corrected chi connectivity index (χ0v) is 20.2. The van der Waals surface area contributed by atoms with Crippen LogP contribution < -0.4 is 11.5 Å². The molecule has 168 valence electrons. The molecule has 0 amide bonds. The van der Waals surface area contributed by atoms with Crippen LogP contribution in [0.2, 0.25) is 0 Å². The van der Waals surface area contributed by atoms with E-state index in [1.165, 1.54) is 0 Å². The highest BCUT2D eigenvalue weighted by Crippen LogP contribution is 2.32. The number of nitrogen functional groups attached to an aromatic ring is 1. The average molecular weight is 435 g/mol. The first-order valence-corrected chi connectivity index (χ1v) is 11.3. The standard InChI is InChI=1S/C19H27ClN6.2C2H6/c1-14-16(17(20)18(21)15-6-4-3-5-7-15)19(22)23-26(14)13-12-25-10-8-24(2)9-11-25;2*1-2/h3-7H,8-13,21H2,1-2H3,(H2,22,23);2*1-2H3/b18-17+;;. The summed E-state index contributed by atoms with van der Waals surface area (Å²) in [5.74, 6) is 0.421. The Morgan fingerprint density at radius 2 is 1.57 bits per heavy atom. The Morgan fingerprint density at radius 1 is 1.00 bits per heavy atom. The summed E-state index contributed by atoms with van der Waals surface area (Å²) < 4.78 is 1.93. The molecule has 0 radical (unpaired) electrons. The lowest BCUT2D eigenvalue weighted by Crippen LogP contribution is -2.45. The Bertz CT molecular complexity index is 776. The van der Waals surface area contributed by atoms with Crippen LogP contribution in [0.1, 0.15) is 44.5 Å². The normalized spacial score (nSPS) is 15.4. The third kappa shape index (κ3) is 6.76. The van der Waals surface area contributed by atoms with Crippen molar-refractivity contribution in [3.05, 3.63) is 47.2 Å². The largest absolute Gasteiger partial charge is 0.397 e. The van der Waals surface area contributed by atoms with E-state index in [9.17, 15) is 0 Å². The molecule has 0 aliphatic carbocycles. The minimum Gasteiger partial charge on any atom is -0.397 e. The quantitative estimate of drug-likeness (QED) is 0.740. The molecule has 7 heteroatoms. The maximum Gasteiger partial charge on any atom is 0.154 e. The Hall–Kier alpha value is -2.02. The molecule has 6 nitrogen and oxygen atoms in total. The number of hydrogen-bond acceptors (Lipinski definition) is 5. The van der Waals surface area contributed by atoms with Crippen LogP contribution in [0.4, 0.5) is 5.82 Å². The maximum atomic E-state index is 6.59. The topological polar surface area (TPSA) is 76.3 Å². The lowest BCUT2D eigenvalue weighted by Gasteiger charge is -2.32. The van der Waals surface area contributed by atoms with E-state index in [0.717, 1.165) is 56.1 Å². The first-order valence-electron chi connectivity index (χ1n) is 10.9. The van der Waals surface area contributed by atoms with Crippen LogP contribution in [-0.2, 0) is 6.54 Å². The van der Waals surface area contributed by atoms with Crippen LogP contribution in [0.3, 0.4) is 0 Å². The van der Waals surface area contributed by atoms with Gasteiger partial charge in [0.1, 0.15) is 0 Å². The van der Waals surface area contributed by atoms with Crippen LogP contribution in [0, 0.1) is 6.92 Å². The Kier molecular flexibility index (Phi) is 11.5. The van der Waals surface area contributed by atoms with Crippen LogP contribution in [0.25, 0.3) is 10.7 Å². The Morgan fingerprint density at radius 3 is 2.13 bits per heavy atom. The lowest BCUT2D eigenvalue weighted by molar-refractivity contribution is 0.148. The van der Waals surface area contributed by atoms with Gasteiger partial charge in [0.25, 0.3) is 0 Å². The molecule has 1 aliphatic rings. The zero-order valence-electron chi connectivity index (χ0n) is 19.5. The summed E-state index contributed by atoms with van der Waals surface area (Å²) in [6, 6.07) is 9.67. The summed E-state index contributed by atoms with van der Waals surface area (Å²) in [6.07, 6.45) is 0. The molecule has 0 saturated carbocycles. The molecule has 1 aromatic carbocycles. The van der Waals surface area contributed by atoms with E-state index in [-0.39, 0.29) is 0 Å². The number of nitrogens with zero attached hydrogens (tertiary/aromatic N) is 4. The van der Waals surface area contributed by atoms with Crippen molar-refractivity contribution < 1.29 is 0 Å². The van der Waals surface area contributed by atoms with Crippen molar-refractivity contribution in [3.63, 3.8) is 0 Å². The number of anilines is 1. The van der Waals surface area contributed by atoms with Gasteiger partial charge in [-0.05, 0) is 19.5 Å². The van der Waals surface area contributed by atoms with E-state index in [1.807, 2.05) is 69.6 Å². The summed E-state index contributed by atoms with van der Waals surface area (Å²) in [5, 5.41) is 4.95. The fourth-order valence-corrected chi connectivity index (χ4v) is 3.59. The molecule has 0 bridgehead atoms. The number of halogens is 1. The maximum absolute atomic E-state index is 6.59.